The summed E-state index contributed by atoms with van der Waals surface area (Å²) in [4.78, 5) is 13.5. The Morgan fingerprint density at radius 1 is 0.879 bits per heavy atom. The van der Waals surface area contributed by atoms with Gasteiger partial charge in [0.2, 0.25) is 0 Å². The summed E-state index contributed by atoms with van der Waals surface area (Å²) in [7, 11) is 0. The summed E-state index contributed by atoms with van der Waals surface area (Å²) in [5.74, 6) is 1.34. The van der Waals surface area contributed by atoms with E-state index in [9.17, 15) is 4.79 Å². The predicted octanol–water partition coefficient (Wildman–Crippen LogP) is 8.36. The van der Waals surface area contributed by atoms with E-state index in [4.69, 9.17) is 9.15 Å². The van der Waals surface area contributed by atoms with Crippen molar-refractivity contribution in [3.8, 4) is 17.1 Å². The summed E-state index contributed by atoms with van der Waals surface area (Å²) in [5.41, 5.74) is 3.92. The molecule has 0 saturated heterocycles. The molecule has 4 heteroatoms. The molecule has 4 aromatic rings. The minimum Gasteiger partial charge on any atom is -0.494 e. The standard InChI is InChI=1S/C29H29BrO3/c1-21-14-16-22(17-15-21)28(31)27-25-12-5-6-13-26(25)33-29(27)23-10-9-11-24(20-23)32-19-8-4-2-3-7-18-30/h5-6,9-17,20H,2-4,7-8,18-19H2,1H3. The van der Waals surface area contributed by atoms with Crippen molar-refractivity contribution in [1.82, 2.24) is 0 Å². The number of unbranched alkanes of at least 4 members (excludes halogenated alkanes) is 4. The van der Waals surface area contributed by atoms with Gasteiger partial charge in [0, 0.05) is 21.8 Å². The van der Waals surface area contributed by atoms with Crippen LogP contribution in [0.5, 0.6) is 5.75 Å². The fraction of sp³-hybridized carbons (Fsp3) is 0.276. The van der Waals surface area contributed by atoms with Crippen LogP contribution in [0.1, 0.15) is 53.6 Å². The quantitative estimate of drug-likeness (QED) is 0.117. The van der Waals surface area contributed by atoms with Crippen molar-refractivity contribution in [3.63, 3.8) is 0 Å². The minimum absolute atomic E-state index is 0.0373. The third-order valence-electron chi connectivity index (χ3n) is 5.78. The number of ether oxygens (including phenoxy) is 1. The maximum Gasteiger partial charge on any atom is 0.197 e. The molecule has 0 amide bonds. The van der Waals surface area contributed by atoms with Crippen LogP contribution in [-0.4, -0.2) is 17.7 Å². The summed E-state index contributed by atoms with van der Waals surface area (Å²) in [5, 5.41) is 1.90. The minimum atomic E-state index is -0.0373. The third kappa shape index (κ3) is 5.75. The van der Waals surface area contributed by atoms with E-state index in [-0.39, 0.29) is 5.78 Å². The summed E-state index contributed by atoms with van der Waals surface area (Å²) in [6.07, 6.45) is 5.92. The molecule has 0 aliphatic heterocycles. The molecular weight excluding hydrogens is 476 g/mol. The molecule has 0 saturated carbocycles. The summed E-state index contributed by atoms with van der Waals surface area (Å²) < 4.78 is 12.2. The zero-order valence-corrected chi connectivity index (χ0v) is 20.6. The first-order valence-corrected chi connectivity index (χ1v) is 12.7. The smallest absolute Gasteiger partial charge is 0.197 e. The molecule has 0 aliphatic rings. The number of alkyl halides is 1. The molecule has 3 nitrogen and oxygen atoms in total. The van der Waals surface area contributed by atoms with Crippen LogP contribution in [0.2, 0.25) is 0 Å². The van der Waals surface area contributed by atoms with Crippen LogP contribution < -0.4 is 4.74 Å². The lowest BCUT2D eigenvalue weighted by atomic mass is 9.97. The van der Waals surface area contributed by atoms with Crippen molar-refractivity contribution in [3.05, 3.63) is 89.5 Å². The molecule has 0 radical (unpaired) electrons. The molecular formula is C29H29BrO3. The van der Waals surface area contributed by atoms with Crippen LogP contribution in [0, 0.1) is 6.92 Å². The number of rotatable bonds is 11. The second kappa shape index (κ2) is 11.3. The van der Waals surface area contributed by atoms with Crippen molar-refractivity contribution >= 4 is 32.7 Å². The van der Waals surface area contributed by atoms with Crippen LogP contribution in [0.4, 0.5) is 0 Å². The lowest BCUT2D eigenvalue weighted by molar-refractivity contribution is 0.104. The maximum atomic E-state index is 13.5. The Morgan fingerprint density at radius 3 is 2.45 bits per heavy atom. The molecule has 3 aromatic carbocycles. The van der Waals surface area contributed by atoms with Gasteiger partial charge in [-0.3, -0.25) is 4.79 Å². The Balaban J connectivity index is 1.58. The molecule has 0 atom stereocenters. The Hall–Kier alpha value is -2.85. The van der Waals surface area contributed by atoms with Gasteiger partial charge in [-0.2, -0.15) is 0 Å². The number of carbonyl (C=O) groups is 1. The monoisotopic (exact) mass is 504 g/mol. The van der Waals surface area contributed by atoms with E-state index in [1.54, 1.807) is 0 Å². The van der Waals surface area contributed by atoms with E-state index >= 15 is 0 Å². The highest BCUT2D eigenvalue weighted by molar-refractivity contribution is 9.09. The molecule has 33 heavy (non-hydrogen) atoms. The topological polar surface area (TPSA) is 39.4 Å². The van der Waals surface area contributed by atoms with Gasteiger partial charge >= 0.3 is 0 Å². The zero-order valence-electron chi connectivity index (χ0n) is 19.0. The van der Waals surface area contributed by atoms with Gasteiger partial charge in [-0.1, -0.05) is 95.4 Å². The van der Waals surface area contributed by atoms with Crippen LogP contribution in [-0.2, 0) is 0 Å². The van der Waals surface area contributed by atoms with E-state index in [2.05, 4.69) is 15.9 Å². The van der Waals surface area contributed by atoms with Crippen molar-refractivity contribution in [2.45, 2.75) is 39.0 Å². The molecule has 0 aliphatic carbocycles. The van der Waals surface area contributed by atoms with Crippen molar-refractivity contribution < 1.29 is 13.9 Å². The van der Waals surface area contributed by atoms with Gasteiger partial charge in [0.15, 0.2) is 5.78 Å². The summed E-state index contributed by atoms with van der Waals surface area (Å²) >= 11 is 3.48. The second-order valence-electron chi connectivity index (χ2n) is 8.33. The first kappa shape index (κ1) is 23.3. The highest BCUT2D eigenvalue weighted by Gasteiger charge is 2.23. The largest absolute Gasteiger partial charge is 0.494 e. The van der Waals surface area contributed by atoms with Crippen molar-refractivity contribution in [1.29, 1.82) is 0 Å². The predicted molar refractivity (Wildman–Crippen MR) is 139 cm³/mol. The molecule has 0 bridgehead atoms. The van der Waals surface area contributed by atoms with Gasteiger partial charge in [0.1, 0.15) is 17.1 Å². The number of benzene rings is 3. The van der Waals surface area contributed by atoms with E-state index in [1.807, 2.05) is 79.7 Å². The number of hydrogen-bond donors (Lipinski definition) is 0. The molecule has 170 valence electrons. The Labute approximate surface area is 203 Å². The number of halogens is 1. The number of furan rings is 1. The van der Waals surface area contributed by atoms with Crippen LogP contribution in [0.25, 0.3) is 22.3 Å². The number of para-hydroxylation sites is 1. The SMILES string of the molecule is Cc1ccc(C(=O)c2c(-c3cccc(OCCCCCCCBr)c3)oc3ccccc23)cc1. The molecule has 0 N–H and O–H groups in total. The maximum absolute atomic E-state index is 13.5. The highest BCUT2D eigenvalue weighted by atomic mass is 79.9. The number of aryl methyl sites for hydroxylation is 1. The summed E-state index contributed by atoms with van der Waals surface area (Å²) in [6, 6.07) is 23.2. The molecule has 4 rings (SSSR count). The van der Waals surface area contributed by atoms with Crippen LogP contribution in [0.15, 0.2) is 77.2 Å². The Kier molecular flexibility index (Phi) is 8.01. The van der Waals surface area contributed by atoms with E-state index in [0.717, 1.165) is 34.0 Å². The highest BCUT2D eigenvalue weighted by Crippen LogP contribution is 2.36. The number of fused-ring (bicyclic) bond motifs is 1. The van der Waals surface area contributed by atoms with Crippen LogP contribution >= 0.6 is 15.9 Å². The average molecular weight is 505 g/mol. The summed E-state index contributed by atoms with van der Waals surface area (Å²) in [6.45, 7) is 2.70. The van der Waals surface area contributed by atoms with Gasteiger partial charge < -0.3 is 9.15 Å². The van der Waals surface area contributed by atoms with Gasteiger partial charge in [-0.05, 0) is 38.0 Å². The van der Waals surface area contributed by atoms with Gasteiger partial charge in [-0.25, -0.2) is 0 Å². The van der Waals surface area contributed by atoms with Crippen molar-refractivity contribution in [2.24, 2.45) is 0 Å². The molecule has 0 fully saturated rings. The number of carbonyl (C=O) groups excluding carboxylic acids is 1. The first-order valence-electron chi connectivity index (χ1n) is 11.6. The lowest BCUT2D eigenvalue weighted by Gasteiger charge is -2.08. The molecule has 0 spiro atoms. The molecule has 0 unspecified atom stereocenters. The first-order chi connectivity index (χ1) is 16.2. The average Bonchev–Trinajstić information content (AvgIpc) is 3.23. The zero-order chi connectivity index (χ0) is 23.0. The van der Waals surface area contributed by atoms with E-state index < -0.39 is 0 Å². The Morgan fingerprint density at radius 2 is 1.64 bits per heavy atom. The van der Waals surface area contributed by atoms with Gasteiger partial charge in [-0.15, -0.1) is 0 Å². The van der Waals surface area contributed by atoms with Crippen molar-refractivity contribution in [2.75, 3.05) is 11.9 Å². The van der Waals surface area contributed by atoms with E-state index in [1.165, 1.54) is 25.7 Å². The molecule has 1 aromatic heterocycles. The van der Waals surface area contributed by atoms with E-state index in [0.29, 0.717) is 29.1 Å². The lowest BCUT2D eigenvalue weighted by Crippen LogP contribution is -2.02. The van der Waals surface area contributed by atoms with Gasteiger partial charge in [0.25, 0.3) is 0 Å². The fourth-order valence-electron chi connectivity index (χ4n) is 3.97. The second-order valence-corrected chi connectivity index (χ2v) is 9.12. The normalized spacial score (nSPS) is 11.1. The fourth-order valence-corrected chi connectivity index (χ4v) is 4.36. The third-order valence-corrected chi connectivity index (χ3v) is 6.34. The van der Waals surface area contributed by atoms with Crippen LogP contribution in [0.3, 0.4) is 0 Å². The number of hydrogen-bond acceptors (Lipinski definition) is 3. The Bertz CT molecular complexity index is 1210. The molecule has 1 heterocycles. The van der Waals surface area contributed by atoms with Gasteiger partial charge in [0.05, 0.1) is 12.2 Å². The number of ketones is 1.